The van der Waals surface area contributed by atoms with Gasteiger partial charge in [-0.25, -0.2) is 0 Å². The Morgan fingerprint density at radius 1 is 1.00 bits per heavy atom. The summed E-state index contributed by atoms with van der Waals surface area (Å²) in [6, 6.07) is 11.0. The average molecular weight is 281 g/mol. The molecule has 0 spiro atoms. The number of aliphatic hydroxyl groups is 1. The highest BCUT2D eigenvalue weighted by atomic mass is 35.5. The fourth-order valence-corrected chi connectivity index (χ4v) is 2.64. The molecule has 1 N–H and O–H groups in total. The Morgan fingerprint density at radius 2 is 1.61 bits per heavy atom. The first-order valence-electron chi connectivity index (χ1n) is 5.69. The minimum atomic E-state index is -0.727. The van der Waals surface area contributed by atoms with E-state index in [1.165, 1.54) is 0 Å². The number of aryl methyl sites for hydroxylation is 2. The van der Waals surface area contributed by atoms with Gasteiger partial charge in [0.05, 0.1) is 0 Å². The van der Waals surface area contributed by atoms with Crippen molar-refractivity contribution in [2.75, 3.05) is 0 Å². The van der Waals surface area contributed by atoms with Crippen LogP contribution in [0.25, 0.3) is 0 Å². The zero-order valence-electron chi connectivity index (χ0n) is 10.2. The summed E-state index contributed by atoms with van der Waals surface area (Å²) in [5.74, 6) is 0. The third-order valence-electron chi connectivity index (χ3n) is 2.94. The smallest absolute Gasteiger partial charge is 0.106 e. The highest BCUT2D eigenvalue weighted by molar-refractivity contribution is 6.31. The molecule has 2 aromatic carbocycles. The number of benzene rings is 2. The van der Waals surface area contributed by atoms with Crippen LogP contribution in [0.5, 0.6) is 0 Å². The average Bonchev–Trinajstić information content (AvgIpc) is 2.28. The van der Waals surface area contributed by atoms with E-state index in [9.17, 15) is 5.11 Å². The lowest BCUT2D eigenvalue weighted by molar-refractivity contribution is 0.219. The summed E-state index contributed by atoms with van der Waals surface area (Å²) in [4.78, 5) is 0. The Labute approximate surface area is 117 Å². The van der Waals surface area contributed by atoms with E-state index in [1.807, 2.05) is 38.1 Å². The van der Waals surface area contributed by atoms with Gasteiger partial charge in [0.25, 0.3) is 0 Å². The fraction of sp³-hybridized carbons (Fsp3) is 0.200. The lowest BCUT2D eigenvalue weighted by atomic mass is 9.96. The third-order valence-corrected chi connectivity index (χ3v) is 3.50. The second kappa shape index (κ2) is 5.31. The van der Waals surface area contributed by atoms with Gasteiger partial charge in [0.2, 0.25) is 0 Å². The molecule has 2 rings (SSSR count). The number of hydrogen-bond acceptors (Lipinski definition) is 1. The van der Waals surface area contributed by atoms with E-state index in [0.717, 1.165) is 22.3 Å². The van der Waals surface area contributed by atoms with E-state index in [-0.39, 0.29) is 0 Å². The van der Waals surface area contributed by atoms with E-state index in [0.29, 0.717) is 10.0 Å². The van der Waals surface area contributed by atoms with Crippen LogP contribution in [0.4, 0.5) is 0 Å². The Kier molecular flexibility index (Phi) is 3.96. The van der Waals surface area contributed by atoms with Crippen molar-refractivity contribution < 1.29 is 5.11 Å². The number of hydrogen-bond donors (Lipinski definition) is 1. The zero-order valence-corrected chi connectivity index (χ0v) is 11.8. The molecule has 0 aliphatic rings. The zero-order chi connectivity index (χ0) is 13.3. The normalized spacial score (nSPS) is 12.5. The maximum atomic E-state index is 10.4. The van der Waals surface area contributed by atoms with Crippen LogP contribution < -0.4 is 0 Å². The molecule has 18 heavy (non-hydrogen) atoms. The molecule has 0 saturated carbocycles. The molecule has 0 saturated heterocycles. The molecule has 0 heterocycles. The minimum Gasteiger partial charge on any atom is -0.384 e. The van der Waals surface area contributed by atoms with E-state index >= 15 is 0 Å². The molecular formula is C15H14Cl2O. The van der Waals surface area contributed by atoms with Crippen molar-refractivity contribution in [3.05, 3.63) is 68.7 Å². The molecule has 0 aromatic heterocycles. The van der Waals surface area contributed by atoms with Crippen LogP contribution in [0.15, 0.2) is 36.4 Å². The quantitative estimate of drug-likeness (QED) is 0.846. The molecule has 0 aliphatic carbocycles. The first-order valence-corrected chi connectivity index (χ1v) is 6.45. The molecule has 3 heteroatoms. The summed E-state index contributed by atoms with van der Waals surface area (Å²) < 4.78 is 0. The van der Waals surface area contributed by atoms with Crippen molar-refractivity contribution in [1.29, 1.82) is 0 Å². The van der Waals surface area contributed by atoms with Crippen molar-refractivity contribution in [1.82, 2.24) is 0 Å². The van der Waals surface area contributed by atoms with Gasteiger partial charge in [-0.3, -0.25) is 0 Å². The predicted molar refractivity (Wildman–Crippen MR) is 76.4 cm³/mol. The summed E-state index contributed by atoms with van der Waals surface area (Å²) in [7, 11) is 0. The van der Waals surface area contributed by atoms with Crippen molar-refractivity contribution in [2.24, 2.45) is 0 Å². The molecule has 0 fully saturated rings. The van der Waals surface area contributed by atoms with Crippen molar-refractivity contribution in [3.63, 3.8) is 0 Å². The van der Waals surface area contributed by atoms with Gasteiger partial charge < -0.3 is 5.11 Å². The molecule has 94 valence electrons. The van der Waals surface area contributed by atoms with Gasteiger partial charge in [-0.05, 0) is 48.7 Å². The van der Waals surface area contributed by atoms with Crippen LogP contribution in [-0.2, 0) is 0 Å². The lowest BCUT2D eigenvalue weighted by Gasteiger charge is -2.16. The molecule has 0 radical (unpaired) electrons. The molecule has 2 aromatic rings. The summed E-state index contributed by atoms with van der Waals surface area (Å²) in [5, 5.41) is 11.7. The molecule has 0 bridgehead atoms. The largest absolute Gasteiger partial charge is 0.384 e. The van der Waals surface area contributed by atoms with Gasteiger partial charge in [-0.2, -0.15) is 0 Å². The van der Waals surface area contributed by atoms with Crippen LogP contribution in [0.1, 0.15) is 28.4 Å². The van der Waals surface area contributed by atoms with Crippen molar-refractivity contribution in [3.8, 4) is 0 Å². The summed E-state index contributed by atoms with van der Waals surface area (Å²) in [6.07, 6.45) is -0.727. The fourth-order valence-electron chi connectivity index (χ4n) is 2.08. The molecule has 0 aliphatic heterocycles. The maximum absolute atomic E-state index is 10.4. The third kappa shape index (κ3) is 2.69. The van der Waals surface area contributed by atoms with E-state index in [2.05, 4.69) is 0 Å². The minimum absolute atomic E-state index is 0.593. The standard InChI is InChI=1S/C15H14Cl2O/c1-9-7-10(2)14(13(17)8-9)15(18)11-3-5-12(16)6-4-11/h3-8,15,18H,1-2H3. The molecule has 1 unspecified atom stereocenters. The first kappa shape index (κ1) is 13.4. The van der Waals surface area contributed by atoms with Gasteiger partial charge in [0.15, 0.2) is 0 Å². The van der Waals surface area contributed by atoms with Crippen LogP contribution in [0.3, 0.4) is 0 Å². The molecule has 1 nitrogen and oxygen atoms in total. The highest BCUT2D eigenvalue weighted by Gasteiger charge is 2.16. The van der Waals surface area contributed by atoms with Crippen LogP contribution in [0, 0.1) is 13.8 Å². The van der Waals surface area contributed by atoms with Crippen molar-refractivity contribution in [2.45, 2.75) is 20.0 Å². The summed E-state index contributed by atoms with van der Waals surface area (Å²) in [5.41, 5.74) is 3.62. The molecule has 0 amide bonds. The topological polar surface area (TPSA) is 20.2 Å². The highest BCUT2D eigenvalue weighted by Crippen LogP contribution is 2.32. The van der Waals surface area contributed by atoms with E-state index in [4.69, 9.17) is 23.2 Å². The van der Waals surface area contributed by atoms with Crippen LogP contribution in [0.2, 0.25) is 10.0 Å². The van der Waals surface area contributed by atoms with Gasteiger partial charge in [0.1, 0.15) is 6.10 Å². The van der Waals surface area contributed by atoms with Crippen LogP contribution in [-0.4, -0.2) is 5.11 Å². The number of aliphatic hydroxyl groups excluding tert-OH is 1. The monoisotopic (exact) mass is 280 g/mol. The van der Waals surface area contributed by atoms with Crippen LogP contribution >= 0.6 is 23.2 Å². The van der Waals surface area contributed by atoms with Gasteiger partial charge in [-0.1, -0.05) is 41.4 Å². The maximum Gasteiger partial charge on any atom is 0.106 e. The van der Waals surface area contributed by atoms with E-state index in [1.54, 1.807) is 12.1 Å². The molecular weight excluding hydrogens is 267 g/mol. The Balaban J connectivity index is 2.46. The molecule has 1 atom stereocenters. The van der Waals surface area contributed by atoms with Crippen molar-refractivity contribution >= 4 is 23.2 Å². The predicted octanol–water partition coefficient (Wildman–Crippen LogP) is 4.69. The van der Waals surface area contributed by atoms with Gasteiger partial charge >= 0.3 is 0 Å². The Hall–Kier alpha value is -1.02. The number of rotatable bonds is 2. The Morgan fingerprint density at radius 3 is 2.17 bits per heavy atom. The SMILES string of the molecule is Cc1cc(C)c(C(O)c2ccc(Cl)cc2)c(Cl)c1. The first-order chi connectivity index (χ1) is 8.49. The Bertz CT molecular complexity index is 538. The summed E-state index contributed by atoms with van der Waals surface area (Å²) >= 11 is 12.1. The summed E-state index contributed by atoms with van der Waals surface area (Å²) in [6.45, 7) is 3.94. The second-order valence-electron chi connectivity index (χ2n) is 4.43. The lowest BCUT2D eigenvalue weighted by Crippen LogP contribution is -2.03. The number of halogens is 2. The van der Waals surface area contributed by atoms with Gasteiger partial charge in [0, 0.05) is 15.6 Å². The second-order valence-corrected chi connectivity index (χ2v) is 5.28. The van der Waals surface area contributed by atoms with Gasteiger partial charge in [-0.15, -0.1) is 0 Å². The van der Waals surface area contributed by atoms with E-state index < -0.39 is 6.10 Å².